The molecule has 1 aliphatic heterocycles. The molecule has 1 saturated heterocycles. The number of aromatic amines is 1. The quantitative estimate of drug-likeness (QED) is 0.786. The van der Waals surface area contributed by atoms with Gasteiger partial charge in [0.05, 0.1) is 12.0 Å². The number of hydrogen-bond donors (Lipinski definition) is 3. The van der Waals surface area contributed by atoms with Gasteiger partial charge in [0, 0.05) is 25.6 Å². The lowest BCUT2D eigenvalue weighted by molar-refractivity contribution is 0.0940. The Balaban J connectivity index is 0.00000161. The highest BCUT2D eigenvalue weighted by Gasteiger charge is 2.18. The fourth-order valence-corrected chi connectivity index (χ4v) is 2.05. The third kappa shape index (κ3) is 3.34. The van der Waals surface area contributed by atoms with Gasteiger partial charge in [-0.3, -0.25) is 9.59 Å². The van der Waals surface area contributed by atoms with Gasteiger partial charge in [0.1, 0.15) is 11.3 Å². The minimum atomic E-state index is -0.414. The van der Waals surface area contributed by atoms with Crippen molar-refractivity contribution in [1.29, 1.82) is 0 Å². The number of carbonyl (C=O) groups excluding carboxylic acids is 1. The summed E-state index contributed by atoms with van der Waals surface area (Å²) in [5, 5.41) is 5.90. The van der Waals surface area contributed by atoms with Gasteiger partial charge < -0.3 is 20.0 Å². The molecule has 0 radical (unpaired) electrons. The Bertz CT molecular complexity index is 662. The second-order valence-electron chi connectivity index (χ2n) is 4.83. The van der Waals surface area contributed by atoms with Crippen molar-refractivity contribution in [2.45, 2.75) is 0 Å². The second kappa shape index (κ2) is 6.60. The molecule has 0 atom stereocenters. The van der Waals surface area contributed by atoms with Crippen LogP contribution in [-0.4, -0.2) is 30.5 Å². The molecular formula is C14H16ClN3O3. The normalized spacial score (nSPS) is 14.1. The van der Waals surface area contributed by atoms with Crippen LogP contribution in [0.4, 0.5) is 0 Å². The van der Waals surface area contributed by atoms with E-state index in [9.17, 15) is 9.59 Å². The van der Waals surface area contributed by atoms with Gasteiger partial charge >= 0.3 is 0 Å². The van der Waals surface area contributed by atoms with E-state index in [2.05, 4.69) is 15.6 Å². The van der Waals surface area contributed by atoms with E-state index in [4.69, 9.17) is 4.42 Å². The van der Waals surface area contributed by atoms with Crippen LogP contribution in [-0.2, 0) is 0 Å². The van der Waals surface area contributed by atoms with Crippen LogP contribution in [0.15, 0.2) is 39.7 Å². The highest BCUT2D eigenvalue weighted by molar-refractivity contribution is 5.94. The van der Waals surface area contributed by atoms with Crippen molar-refractivity contribution < 1.29 is 9.21 Å². The van der Waals surface area contributed by atoms with E-state index >= 15 is 0 Å². The van der Waals surface area contributed by atoms with E-state index < -0.39 is 5.56 Å². The number of halogens is 1. The van der Waals surface area contributed by atoms with Gasteiger partial charge in [0.2, 0.25) is 0 Å². The molecule has 0 aromatic carbocycles. The van der Waals surface area contributed by atoms with Crippen LogP contribution in [0.5, 0.6) is 0 Å². The van der Waals surface area contributed by atoms with Crippen LogP contribution in [0.2, 0.25) is 0 Å². The minimum absolute atomic E-state index is 0. The summed E-state index contributed by atoms with van der Waals surface area (Å²) in [6.07, 6.45) is 1.53. The van der Waals surface area contributed by atoms with Crippen LogP contribution in [0, 0.1) is 5.92 Å². The standard InChI is InChI=1S/C14H15N3O3.ClH/c18-13(16-8-9-6-15-7-9)10-3-4-11(17-14(10)19)12-2-1-5-20-12;/h1-5,9,15H,6-8H2,(H,16,18)(H,17,19);1H. The Kier molecular flexibility index (Phi) is 4.82. The van der Waals surface area contributed by atoms with Crippen molar-refractivity contribution in [3.05, 3.63) is 46.4 Å². The molecule has 1 aliphatic rings. The zero-order valence-electron chi connectivity index (χ0n) is 11.2. The largest absolute Gasteiger partial charge is 0.463 e. The molecule has 21 heavy (non-hydrogen) atoms. The van der Waals surface area contributed by atoms with Crippen molar-refractivity contribution in [3.63, 3.8) is 0 Å². The minimum Gasteiger partial charge on any atom is -0.463 e. The molecule has 2 aromatic rings. The summed E-state index contributed by atoms with van der Waals surface area (Å²) in [5.41, 5.74) is 0.260. The summed E-state index contributed by atoms with van der Waals surface area (Å²) >= 11 is 0. The van der Waals surface area contributed by atoms with Crippen molar-refractivity contribution >= 4 is 18.3 Å². The van der Waals surface area contributed by atoms with Crippen molar-refractivity contribution in [3.8, 4) is 11.5 Å². The Morgan fingerprint density at radius 1 is 1.33 bits per heavy atom. The summed E-state index contributed by atoms with van der Waals surface area (Å²) in [7, 11) is 0. The van der Waals surface area contributed by atoms with Crippen molar-refractivity contribution in [1.82, 2.24) is 15.6 Å². The fraction of sp³-hybridized carbons (Fsp3) is 0.286. The predicted octanol–water partition coefficient (Wildman–Crippen LogP) is 1.01. The van der Waals surface area contributed by atoms with Crippen LogP contribution < -0.4 is 16.2 Å². The number of nitrogens with one attached hydrogen (secondary N) is 3. The number of amides is 1. The SMILES string of the molecule is Cl.O=C(NCC1CNC1)c1ccc(-c2ccco2)[nH]c1=O. The first-order valence-corrected chi connectivity index (χ1v) is 6.50. The first-order chi connectivity index (χ1) is 9.74. The maximum atomic E-state index is 11.9. The Hall–Kier alpha value is -2.05. The molecule has 2 aromatic heterocycles. The second-order valence-corrected chi connectivity index (χ2v) is 4.83. The smallest absolute Gasteiger partial charge is 0.261 e. The van der Waals surface area contributed by atoms with E-state index in [0.29, 0.717) is 23.9 Å². The summed E-state index contributed by atoms with van der Waals surface area (Å²) in [4.78, 5) is 26.5. The molecular weight excluding hydrogens is 294 g/mol. The zero-order chi connectivity index (χ0) is 13.9. The summed E-state index contributed by atoms with van der Waals surface area (Å²) in [6, 6.07) is 6.67. The van der Waals surface area contributed by atoms with Gasteiger partial charge in [-0.2, -0.15) is 0 Å². The first kappa shape index (κ1) is 15.3. The third-order valence-corrected chi connectivity index (χ3v) is 3.36. The molecule has 6 nitrogen and oxygen atoms in total. The molecule has 0 aliphatic carbocycles. The Morgan fingerprint density at radius 2 is 2.14 bits per heavy atom. The number of H-pyrrole nitrogens is 1. The van der Waals surface area contributed by atoms with E-state index in [1.54, 1.807) is 18.2 Å². The number of hydrogen-bond acceptors (Lipinski definition) is 4. The predicted molar refractivity (Wildman–Crippen MR) is 80.7 cm³/mol. The van der Waals surface area contributed by atoms with Crippen molar-refractivity contribution in [2.24, 2.45) is 5.92 Å². The lowest BCUT2D eigenvalue weighted by Crippen LogP contribution is -2.48. The Labute approximate surface area is 127 Å². The molecule has 3 N–H and O–H groups in total. The maximum Gasteiger partial charge on any atom is 0.261 e. The lowest BCUT2D eigenvalue weighted by Gasteiger charge is -2.26. The number of aromatic nitrogens is 1. The van der Waals surface area contributed by atoms with Gasteiger partial charge in [-0.25, -0.2) is 0 Å². The highest BCUT2D eigenvalue weighted by atomic mass is 35.5. The molecule has 7 heteroatoms. The van der Waals surface area contributed by atoms with E-state index in [1.807, 2.05) is 0 Å². The topological polar surface area (TPSA) is 87.1 Å². The van der Waals surface area contributed by atoms with E-state index in [-0.39, 0.29) is 23.9 Å². The molecule has 1 amide bonds. The molecule has 3 rings (SSSR count). The summed E-state index contributed by atoms with van der Waals surface area (Å²) < 4.78 is 5.20. The molecule has 0 spiro atoms. The number of carbonyl (C=O) groups is 1. The lowest BCUT2D eigenvalue weighted by atomic mass is 10.0. The van der Waals surface area contributed by atoms with Gasteiger partial charge in [0.25, 0.3) is 11.5 Å². The van der Waals surface area contributed by atoms with Gasteiger partial charge in [-0.05, 0) is 24.3 Å². The van der Waals surface area contributed by atoms with Crippen LogP contribution >= 0.6 is 12.4 Å². The molecule has 3 heterocycles. The average molecular weight is 310 g/mol. The average Bonchev–Trinajstić information content (AvgIpc) is 2.90. The summed E-state index contributed by atoms with van der Waals surface area (Å²) in [5.74, 6) is 0.680. The van der Waals surface area contributed by atoms with Gasteiger partial charge in [-0.1, -0.05) is 0 Å². The van der Waals surface area contributed by atoms with Crippen LogP contribution in [0.3, 0.4) is 0 Å². The molecule has 0 unspecified atom stereocenters. The molecule has 0 bridgehead atoms. The monoisotopic (exact) mass is 309 g/mol. The number of rotatable bonds is 4. The first-order valence-electron chi connectivity index (χ1n) is 6.50. The highest BCUT2D eigenvalue weighted by Crippen LogP contribution is 2.15. The molecule has 1 fully saturated rings. The van der Waals surface area contributed by atoms with Gasteiger partial charge in [-0.15, -0.1) is 12.4 Å². The maximum absolute atomic E-state index is 11.9. The van der Waals surface area contributed by atoms with E-state index in [0.717, 1.165) is 13.1 Å². The molecule has 0 saturated carbocycles. The fourth-order valence-electron chi connectivity index (χ4n) is 2.05. The van der Waals surface area contributed by atoms with Crippen LogP contribution in [0.1, 0.15) is 10.4 Å². The third-order valence-electron chi connectivity index (χ3n) is 3.36. The van der Waals surface area contributed by atoms with E-state index in [1.165, 1.54) is 12.3 Å². The zero-order valence-corrected chi connectivity index (χ0v) is 12.0. The van der Waals surface area contributed by atoms with Crippen molar-refractivity contribution in [2.75, 3.05) is 19.6 Å². The number of furan rings is 1. The molecule has 112 valence electrons. The van der Waals surface area contributed by atoms with Gasteiger partial charge in [0.15, 0.2) is 0 Å². The number of pyridine rings is 1. The Morgan fingerprint density at radius 3 is 2.71 bits per heavy atom. The summed E-state index contributed by atoms with van der Waals surface area (Å²) in [6.45, 7) is 2.41. The van der Waals surface area contributed by atoms with Crippen LogP contribution in [0.25, 0.3) is 11.5 Å².